The molecule has 0 aliphatic rings. The van der Waals surface area contributed by atoms with E-state index in [9.17, 15) is 9.18 Å². The molecule has 186 valence electrons. The molecular weight excluding hydrogens is 461 g/mol. The standard InChI is InChI=1S/C29H28FNO5/c1-2-14-34-19-23-16-22(10-12-24(23)20-7-4-3-5-8-20)28-18-26(31-36-28)21-11-13-27(25(30)17-21)35-15-6-9-29(32)33/h3-5,7-8,10-13,16-18H,2,6,9,14-15,19H2,1H3,(H,32,33). The van der Waals surface area contributed by atoms with Crippen LogP contribution < -0.4 is 4.74 Å². The van der Waals surface area contributed by atoms with Crippen molar-refractivity contribution in [2.45, 2.75) is 32.8 Å². The van der Waals surface area contributed by atoms with Crippen LogP contribution in [-0.4, -0.2) is 29.4 Å². The minimum atomic E-state index is -0.911. The molecule has 1 N–H and O–H groups in total. The third-order valence-electron chi connectivity index (χ3n) is 5.61. The summed E-state index contributed by atoms with van der Waals surface area (Å²) in [6.07, 6.45) is 1.21. The Bertz CT molecular complexity index is 1300. The van der Waals surface area contributed by atoms with Crippen molar-refractivity contribution in [2.24, 2.45) is 0 Å². The molecule has 0 amide bonds. The van der Waals surface area contributed by atoms with E-state index in [0.29, 0.717) is 36.7 Å². The second-order valence-electron chi connectivity index (χ2n) is 8.36. The molecular formula is C29H28FNO5. The summed E-state index contributed by atoms with van der Waals surface area (Å²) < 4.78 is 31.3. The fourth-order valence-electron chi connectivity index (χ4n) is 3.82. The number of nitrogens with zero attached hydrogens (tertiary/aromatic N) is 1. The SMILES string of the molecule is CCCOCc1cc(-c2cc(-c3ccc(OCCCC(=O)O)c(F)c3)no2)ccc1-c1ccccc1. The average Bonchev–Trinajstić information content (AvgIpc) is 3.38. The first kappa shape index (κ1) is 25.1. The maximum absolute atomic E-state index is 14.5. The number of hydrogen-bond donors (Lipinski definition) is 1. The van der Waals surface area contributed by atoms with E-state index in [-0.39, 0.29) is 18.8 Å². The van der Waals surface area contributed by atoms with Gasteiger partial charge >= 0.3 is 5.97 Å². The molecule has 0 spiro atoms. The Balaban J connectivity index is 1.53. The van der Waals surface area contributed by atoms with Gasteiger partial charge in [0.1, 0.15) is 5.69 Å². The van der Waals surface area contributed by atoms with Crippen LogP contribution in [0.4, 0.5) is 4.39 Å². The van der Waals surface area contributed by atoms with Crippen molar-refractivity contribution in [3.63, 3.8) is 0 Å². The molecule has 1 heterocycles. The second-order valence-corrected chi connectivity index (χ2v) is 8.36. The smallest absolute Gasteiger partial charge is 0.303 e. The van der Waals surface area contributed by atoms with E-state index in [1.807, 2.05) is 36.4 Å². The molecule has 0 radical (unpaired) electrons. The van der Waals surface area contributed by atoms with Gasteiger partial charge in [0.25, 0.3) is 0 Å². The zero-order valence-corrected chi connectivity index (χ0v) is 20.1. The molecule has 0 bridgehead atoms. The normalized spacial score (nSPS) is 10.9. The number of rotatable bonds is 12. The number of carbonyl (C=O) groups is 1. The van der Waals surface area contributed by atoms with Crippen molar-refractivity contribution in [3.05, 3.63) is 84.2 Å². The summed E-state index contributed by atoms with van der Waals surface area (Å²) in [6, 6.07) is 22.5. The Morgan fingerprint density at radius 3 is 2.53 bits per heavy atom. The number of carboxylic acid groups (broad SMARTS) is 1. The van der Waals surface area contributed by atoms with Crippen LogP contribution in [0.1, 0.15) is 31.7 Å². The molecule has 3 aromatic carbocycles. The van der Waals surface area contributed by atoms with Crippen LogP contribution in [0.25, 0.3) is 33.7 Å². The predicted molar refractivity (Wildman–Crippen MR) is 135 cm³/mol. The lowest BCUT2D eigenvalue weighted by Gasteiger charge is -2.12. The Morgan fingerprint density at radius 1 is 0.972 bits per heavy atom. The van der Waals surface area contributed by atoms with Crippen molar-refractivity contribution in [3.8, 4) is 39.5 Å². The summed E-state index contributed by atoms with van der Waals surface area (Å²) in [5, 5.41) is 12.8. The van der Waals surface area contributed by atoms with Gasteiger partial charge in [0.05, 0.1) is 13.2 Å². The molecule has 0 aliphatic carbocycles. The Kier molecular flexibility index (Phi) is 8.47. The van der Waals surface area contributed by atoms with E-state index in [2.05, 4.69) is 24.2 Å². The summed E-state index contributed by atoms with van der Waals surface area (Å²) in [4.78, 5) is 10.6. The third-order valence-corrected chi connectivity index (χ3v) is 5.61. The average molecular weight is 490 g/mol. The van der Waals surface area contributed by atoms with Crippen molar-refractivity contribution in [1.82, 2.24) is 5.16 Å². The summed E-state index contributed by atoms with van der Waals surface area (Å²) in [7, 11) is 0. The highest BCUT2D eigenvalue weighted by atomic mass is 19.1. The highest BCUT2D eigenvalue weighted by Gasteiger charge is 2.14. The molecule has 6 nitrogen and oxygen atoms in total. The second kappa shape index (κ2) is 12.1. The zero-order chi connectivity index (χ0) is 25.3. The monoisotopic (exact) mass is 489 g/mol. The quantitative estimate of drug-likeness (QED) is 0.216. The van der Waals surface area contributed by atoms with Crippen molar-refractivity contribution in [1.29, 1.82) is 0 Å². The van der Waals surface area contributed by atoms with Gasteiger partial charge in [0.2, 0.25) is 0 Å². The van der Waals surface area contributed by atoms with Gasteiger partial charge in [-0.15, -0.1) is 0 Å². The molecule has 0 fully saturated rings. The Morgan fingerprint density at radius 2 is 1.78 bits per heavy atom. The van der Waals surface area contributed by atoms with E-state index in [0.717, 1.165) is 28.7 Å². The summed E-state index contributed by atoms with van der Waals surface area (Å²) >= 11 is 0. The number of halogens is 1. The van der Waals surface area contributed by atoms with Crippen molar-refractivity contribution >= 4 is 5.97 Å². The summed E-state index contributed by atoms with van der Waals surface area (Å²) in [6.45, 7) is 3.35. The Labute approximate surface area is 209 Å². The largest absolute Gasteiger partial charge is 0.491 e. The van der Waals surface area contributed by atoms with Gasteiger partial charge in [-0.05, 0) is 53.8 Å². The fourth-order valence-corrected chi connectivity index (χ4v) is 3.82. The van der Waals surface area contributed by atoms with Crippen LogP contribution >= 0.6 is 0 Å². The van der Waals surface area contributed by atoms with Gasteiger partial charge < -0.3 is 19.1 Å². The lowest BCUT2D eigenvalue weighted by atomic mass is 9.97. The highest BCUT2D eigenvalue weighted by Crippen LogP contribution is 2.32. The molecule has 0 atom stereocenters. The molecule has 0 saturated heterocycles. The molecule has 4 aromatic rings. The van der Waals surface area contributed by atoms with E-state index in [4.69, 9.17) is 19.1 Å². The molecule has 4 rings (SSSR count). The number of ether oxygens (including phenoxy) is 2. The van der Waals surface area contributed by atoms with Crippen LogP contribution in [0.5, 0.6) is 5.75 Å². The van der Waals surface area contributed by atoms with Crippen molar-refractivity contribution in [2.75, 3.05) is 13.2 Å². The summed E-state index contributed by atoms with van der Waals surface area (Å²) in [5.74, 6) is -0.821. The minimum absolute atomic E-state index is 0.0276. The maximum Gasteiger partial charge on any atom is 0.303 e. The number of hydrogen-bond acceptors (Lipinski definition) is 5. The van der Waals surface area contributed by atoms with Gasteiger partial charge in [-0.2, -0.15) is 0 Å². The van der Waals surface area contributed by atoms with Crippen LogP contribution in [0.15, 0.2) is 77.3 Å². The molecule has 0 unspecified atom stereocenters. The van der Waals surface area contributed by atoms with Crippen LogP contribution in [0.3, 0.4) is 0 Å². The van der Waals surface area contributed by atoms with E-state index < -0.39 is 11.8 Å². The van der Waals surface area contributed by atoms with Crippen LogP contribution in [0, 0.1) is 5.82 Å². The van der Waals surface area contributed by atoms with Gasteiger partial charge in [-0.1, -0.05) is 54.5 Å². The number of carboxylic acids is 1. The number of aromatic nitrogens is 1. The van der Waals surface area contributed by atoms with Crippen LogP contribution in [0.2, 0.25) is 0 Å². The Hall–Kier alpha value is -3.97. The molecule has 0 aliphatic heterocycles. The molecule has 36 heavy (non-hydrogen) atoms. The van der Waals surface area contributed by atoms with Crippen molar-refractivity contribution < 1.29 is 28.3 Å². The fraction of sp³-hybridized carbons (Fsp3) is 0.241. The maximum atomic E-state index is 14.5. The predicted octanol–water partition coefficient (Wildman–Crippen LogP) is 6.98. The van der Waals surface area contributed by atoms with Gasteiger partial charge in [0.15, 0.2) is 17.3 Å². The van der Waals surface area contributed by atoms with Gasteiger partial charge in [-0.3, -0.25) is 4.79 Å². The lowest BCUT2D eigenvalue weighted by Crippen LogP contribution is -2.03. The first-order chi connectivity index (χ1) is 17.5. The van der Waals surface area contributed by atoms with E-state index in [1.54, 1.807) is 12.1 Å². The molecule has 1 aromatic heterocycles. The highest BCUT2D eigenvalue weighted by molar-refractivity contribution is 5.74. The van der Waals surface area contributed by atoms with Gasteiger partial charge in [-0.25, -0.2) is 4.39 Å². The molecule has 0 saturated carbocycles. The minimum Gasteiger partial charge on any atom is -0.491 e. The number of benzene rings is 3. The number of aliphatic carboxylic acids is 1. The molecule has 7 heteroatoms. The van der Waals surface area contributed by atoms with E-state index >= 15 is 0 Å². The van der Waals surface area contributed by atoms with E-state index in [1.165, 1.54) is 12.1 Å². The first-order valence-corrected chi connectivity index (χ1v) is 11.9. The zero-order valence-electron chi connectivity index (χ0n) is 20.1. The lowest BCUT2D eigenvalue weighted by molar-refractivity contribution is -0.137. The summed E-state index contributed by atoms with van der Waals surface area (Å²) in [5.41, 5.74) is 5.14. The third kappa shape index (κ3) is 6.37. The van der Waals surface area contributed by atoms with Crippen LogP contribution in [-0.2, 0) is 16.1 Å². The van der Waals surface area contributed by atoms with Gasteiger partial charge in [0, 0.05) is 30.2 Å². The topological polar surface area (TPSA) is 81.8 Å². The first-order valence-electron chi connectivity index (χ1n) is 11.9.